The minimum atomic E-state index is -0.212. The monoisotopic (exact) mass is 214 g/mol. The highest BCUT2D eigenvalue weighted by atomic mass is 16.5. The summed E-state index contributed by atoms with van der Waals surface area (Å²) in [6.45, 7) is 1.87. The Bertz CT molecular complexity index is 474. The van der Waals surface area contributed by atoms with Crippen LogP contribution in [0, 0.1) is 5.92 Å². The Morgan fingerprint density at radius 2 is 2.38 bits per heavy atom. The van der Waals surface area contributed by atoms with Crippen LogP contribution in [0.25, 0.3) is 6.08 Å². The molecule has 2 nitrogen and oxygen atoms in total. The number of hydrogen-bond acceptors (Lipinski definition) is 2. The zero-order valence-corrected chi connectivity index (χ0v) is 9.27. The Hall–Kier alpha value is -1.57. The zero-order chi connectivity index (χ0) is 11.1. The molecule has 0 aliphatic heterocycles. The molecule has 0 bridgehead atoms. The van der Waals surface area contributed by atoms with Gasteiger partial charge in [0.25, 0.3) is 0 Å². The molecule has 1 saturated carbocycles. The SMILES string of the molecule is CC(=O)OCc1cccc2c1C1CC1C=C2. The van der Waals surface area contributed by atoms with Gasteiger partial charge in [0.1, 0.15) is 6.61 Å². The molecule has 2 unspecified atom stereocenters. The number of benzene rings is 1. The summed E-state index contributed by atoms with van der Waals surface area (Å²) in [4.78, 5) is 10.8. The van der Waals surface area contributed by atoms with E-state index in [9.17, 15) is 4.79 Å². The number of allylic oxidation sites excluding steroid dienone is 1. The molecule has 16 heavy (non-hydrogen) atoms. The molecule has 2 aliphatic rings. The van der Waals surface area contributed by atoms with Crippen molar-refractivity contribution in [2.24, 2.45) is 5.92 Å². The number of carbonyl (C=O) groups is 1. The minimum Gasteiger partial charge on any atom is -0.461 e. The summed E-state index contributed by atoms with van der Waals surface area (Å²) in [6.07, 6.45) is 5.74. The van der Waals surface area contributed by atoms with Gasteiger partial charge in [-0.05, 0) is 34.9 Å². The average molecular weight is 214 g/mol. The molecule has 1 fully saturated rings. The summed E-state index contributed by atoms with van der Waals surface area (Å²) in [7, 11) is 0. The lowest BCUT2D eigenvalue weighted by atomic mass is 9.93. The molecule has 3 rings (SSSR count). The van der Waals surface area contributed by atoms with Gasteiger partial charge in [0.2, 0.25) is 0 Å². The normalized spacial score (nSPS) is 24.6. The largest absolute Gasteiger partial charge is 0.461 e. The summed E-state index contributed by atoms with van der Waals surface area (Å²) in [5, 5.41) is 0. The van der Waals surface area contributed by atoms with Crippen LogP contribution in [0.5, 0.6) is 0 Å². The van der Waals surface area contributed by atoms with Crippen LogP contribution in [0.2, 0.25) is 0 Å². The minimum absolute atomic E-state index is 0.212. The lowest BCUT2D eigenvalue weighted by molar-refractivity contribution is -0.142. The van der Waals surface area contributed by atoms with E-state index in [2.05, 4.69) is 24.3 Å². The Labute approximate surface area is 94.9 Å². The summed E-state index contributed by atoms with van der Waals surface area (Å²) >= 11 is 0. The second-order valence-electron chi connectivity index (χ2n) is 4.57. The summed E-state index contributed by atoms with van der Waals surface area (Å²) in [6, 6.07) is 6.23. The molecule has 0 spiro atoms. The number of rotatable bonds is 2. The third-order valence-electron chi connectivity index (χ3n) is 3.39. The standard InChI is InChI=1S/C14H14O2/c1-9(15)16-8-12-4-2-3-10-5-6-11-7-13(11)14(10)12/h2-6,11,13H,7-8H2,1H3. The summed E-state index contributed by atoms with van der Waals surface area (Å²) in [5.74, 6) is 1.19. The van der Waals surface area contributed by atoms with Gasteiger partial charge in [0.15, 0.2) is 0 Å². The average Bonchev–Trinajstić information content (AvgIpc) is 3.05. The smallest absolute Gasteiger partial charge is 0.302 e. The van der Waals surface area contributed by atoms with Crippen LogP contribution in [0.4, 0.5) is 0 Å². The molecule has 0 radical (unpaired) electrons. The molecular weight excluding hydrogens is 200 g/mol. The third-order valence-corrected chi connectivity index (χ3v) is 3.39. The van der Waals surface area contributed by atoms with Crippen molar-refractivity contribution in [1.82, 2.24) is 0 Å². The van der Waals surface area contributed by atoms with Gasteiger partial charge in [-0.25, -0.2) is 0 Å². The summed E-state index contributed by atoms with van der Waals surface area (Å²) in [5.41, 5.74) is 3.87. The van der Waals surface area contributed by atoms with Gasteiger partial charge in [-0.2, -0.15) is 0 Å². The number of carbonyl (C=O) groups excluding carboxylic acids is 1. The molecule has 1 aromatic rings. The highest BCUT2D eigenvalue weighted by Gasteiger charge is 2.40. The fourth-order valence-electron chi connectivity index (χ4n) is 2.52. The van der Waals surface area contributed by atoms with Crippen LogP contribution < -0.4 is 0 Å². The van der Waals surface area contributed by atoms with E-state index in [0.29, 0.717) is 12.5 Å². The van der Waals surface area contributed by atoms with Crippen LogP contribution >= 0.6 is 0 Å². The third kappa shape index (κ3) is 1.54. The number of esters is 1. The Kier molecular flexibility index (Phi) is 2.10. The van der Waals surface area contributed by atoms with Gasteiger partial charge < -0.3 is 4.74 Å². The maximum Gasteiger partial charge on any atom is 0.302 e. The predicted molar refractivity (Wildman–Crippen MR) is 61.8 cm³/mol. The second kappa shape index (κ2) is 3.48. The fraction of sp³-hybridized carbons (Fsp3) is 0.357. The summed E-state index contributed by atoms with van der Waals surface area (Å²) < 4.78 is 5.10. The topological polar surface area (TPSA) is 26.3 Å². The van der Waals surface area contributed by atoms with Gasteiger partial charge in [-0.3, -0.25) is 4.79 Å². The van der Waals surface area contributed by atoms with Crippen molar-refractivity contribution in [3.05, 3.63) is 41.0 Å². The lowest BCUT2D eigenvalue weighted by Crippen LogP contribution is -2.04. The fourth-order valence-corrected chi connectivity index (χ4v) is 2.52. The van der Waals surface area contributed by atoms with E-state index in [1.165, 1.54) is 30.0 Å². The second-order valence-corrected chi connectivity index (χ2v) is 4.57. The number of ether oxygens (including phenoxy) is 1. The molecule has 0 heterocycles. The van der Waals surface area contributed by atoms with E-state index >= 15 is 0 Å². The van der Waals surface area contributed by atoms with Crippen LogP contribution in [0.3, 0.4) is 0 Å². The first-order valence-electron chi connectivity index (χ1n) is 5.69. The van der Waals surface area contributed by atoms with Crippen LogP contribution in [-0.4, -0.2) is 5.97 Å². The van der Waals surface area contributed by atoms with Gasteiger partial charge >= 0.3 is 5.97 Å². The van der Waals surface area contributed by atoms with E-state index in [4.69, 9.17) is 4.74 Å². The maximum atomic E-state index is 10.8. The first kappa shape index (κ1) is 9.64. The molecule has 0 N–H and O–H groups in total. The molecule has 2 atom stereocenters. The van der Waals surface area contributed by atoms with Crippen molar-refractivity contribution in [2.75, 3.05) is 0 Å². The van der Waals surface area contributed by atoms with Gasteiger partial charge in [-0.15, -0.1) is 0 Å². The van der Waals surface area contributed by atoms with Crippen molar-refractivity contribution in [2.45, 2.75) is 25.9 Å². The highest BCUT2D eigenvalue weighted by molar-refractivity contribution is 5.66. The molecule has 0 aromatic heterocycles. The molecular formula is C14H14O2. The maximum absolute atomic E-state index is 10.8. The quantitative estimate of drug-likeness (QED) is 0.707. The van der Waals surface area contributed by atoms with Crippen molar-refractivity contribution < 1.29 is 9.53 Å². The molecule has 82 valence electrons. The molecule has 1 aromatic carbocycles. The van der Waals surface area contributed by atoms with E-state index in [-0.39, 0.29) is 5.97 Å². The van der Waals surface area contributed by atoms with Gasteiger partial charge in [-0.1, -0.05) is 30.4 Å². The van der Waals surface area contributed by atoms with E-state index < -0.39 is 0 Å². The zero-order valence-electron chi connectivity index (χ0n) is 9.27. The number of fused-ring (bicyclic) bond motifs is 3. The first-order chi connectivity index (χ1) is 7.75. The first-order valence-corrected chi connectivity index (χ1v) is 5.69. The van der Waals surface area contributed by atoms with Crippen LogP contribution in [-0.2, 0) is 16.1 Å². The number of hydrogen-bond donors (Lipinski definition) is 0. The van der Waals surface area contributed by atoms with E-state index in [1.807, 2.05) is 6.07 Å². The molecule has 0 amide bonds. The molecule has 2 heteroatoms. The highest BCUT2D eigenvalue weighted by Crippen LogP contribution is 2.53. The van der Waals surface area contributed by atoms with Crippen molar-refractivity contribution in [1.29, 1.82) is 0 Å². The Morgan fingerprint density at radius 3 is 3.19 bits per heavy atom. The molecule has 0 saturated heterocycles. The van der Waals surface area contributed by atoms with Gasteiger partial charge in [0.05, 0.1) is 0 Å². The van der Waals surface area contributed by atoms with E-state index in [0.717, 1.165) is 5.92 Å². The Balaban J connectivity index is 1.94. The van der Waals surface area contributed by atoms with Crippen LogP contribution in [0.1, 0.15) is 36.0 Å². The molecule has 2 aliphatic carbocycles. The lowest BCUT2D eigenvalue weighted by Gasteiger charge is -2.15. The van der Waals surface area contributed by atoms with Crippen LogP contribution in [0.15, 0.2) is 24.3 Å². The Morgan fingerprint density at radius 1 is 1.50 bits per heavy atom. The van der Waals surface area contributed by atoms with Crippen molar-refractivity contribution >= 4 is 12.0 Å². The van der Waals surface area contributed by atoms with Crippen molar-refractivity contribution in [3.8, 4) is 0 Å². The van der Waals surface area contributed by atoms with Gasteiger partial charge in [0, 0.05) is 6.92 Å². The predicted octanol–water partition coefficient (Wildman–Crippen LogP) is 2.88. The van der Waals surface area contributed by atoms with Crippen molar-refractivity contribution in [3.63, 3.8) is 0 Å². The van der Waals surface area contributed by atoms with E-state index in [1.54, 1.807) is 0 Å².